The van der Waals surface area contributed by atoms with Crippen LogP contribution in [0.15, 0.2) is 42.5 Å². The fourth-order valence-electron chi connectivity index (χ4n) is 3.26. The van der Waals surface area contributed by atoms with Crippen molar-refractivity contribution in [2.45, 2.75) is 31.7 Å². The van der Waals surface area contributed by atoms with Crippen molar-refractivity contribution in [3.63, 3.8) is 0 Å². The monoisotopic (exact) mass is 407 g/mol. The van der Waals surface area contributed by atoms with Gasteiger partial charge in [0.25, 0.3) is 0 Å². The number of carboxylic acids is 1. The van der Waals surface area contributed by atoms with Crippen LogP contribution in [0.4, 0.5) is 4.39 Å². The van der Waals surface area contributed by atoms with E-state index in [4.69, 9.17) is 9.84 Å². The highest BCUT2D eigenvalue weighted by Gasteiger charge is 2.22. The van der Waals surface area contributed by atoms with E-state index in [9.17, 15) is 14.0 Å². The normalized spacial score (nSPS) is 16.3. The highest BCUT2D eigenvalue weighted by molar-refractivity contribution is 5.85. The molecule has 1 fully saturated rings. The van der Waals surface area contributed by atoms with E-state index in [2.05, 4.69) is 5.32 Å². The lowest BCUT2D eigenvalue weighted by Gasteiger charge is -2.22. The van der Waals surface area contributed by atoms with Gasteiger partial charge in [-0.05, 0) is 42.6 Å². The number of hydrogen-bond acceptors (Lipinski definition) is 4. The number of Topliss-reactive ketones (excluding diaryl/α,β-unsaturated/α-hetero) is 1. The van der Waals surface area contributed by atoms with Gasteiger partial charge in [0.1, 0.15) is 17.3 Å². The summed E-state index contributed by atoms with van der Waals surface area (Å²) < 4.78 is 20.0. The number of carboxylic acid groups (broad SMARTS) is 1. The summed E-state index contributed by atoms with van der Waals surface area (Å²) in [5.74, 6) is -0.901. The Hall–Kier alpha value is -2.44. The molecule has 1 atom stereocenters. The molecule has 0 saturated carbocycles. The summed E-state index contributed by atoms with van der Waals surface area (Å²) in [6.07, 6.45) is 1.84. The molecule has 2 aromatic rings. The van der Waals surface area contributed by atoms with Crippen molar-refractivity contribution in [1.29, 1.82) is 0 Å². The summed E-state index contributed by atoms with van der Waals surface area (Å²) in [5, 5.41) is 12.0. The Morgan fingerprint density at radius 1 is 1.25 bits per heavy atom. The van der Waals surface area contributed by atoms with Crippen LogP contribution in [-0.4, -0.2) is 36.1 Å². The van der Waals surface area contributed by atoms with Crippen molar-refractivity contribution in [3.05, 3.63) is 53.8 Å². The SMILES string of the molecule is Cl.O=C(O)CCOc1cccc(F)c1-c1cccc(CC2NCCCC2=O)c1. The Bertz CT molecular complexity index is 843. The molecule has 7 heteroatoms. The van der Waals surface area contributed by atoms with Crippen LogP contribution in [0.2, 0.25) is 0 Å². The van der Waals surface area contributed by atoms with Gasteiger partial charge >= 0.3 is 5.97 Å². The van der Waals surface area contributed by atoms with Gasteiger partial charge in [0.2, 0.25) is 0 Å². The van der Waals surface area contributed by atoms with E-state index in [0.717, 1.165) is 18.5 Å². The van der Waals surface area contributed by atoms with Crippen molar-refractivity contribution in [2.24, 2.45) is 0 Å². The second-order valence-electron chi connectivity index (χ2n) is 6.59. The summed E-state index contributed by atoms with van der Waals surface area (Å²) in [5.41, 5.74) is 1.87. The third-order valence-corrected chi connectivity index (χ3v) is 4.58. The van der Waals surface area contributed by atoms with E-state index in [1.165, 1.54) is 12.1 Å². The van der Waals surface area contributed by atoms with Gasteiger partial charge in [-0.25, -0.2) is 4.39 Å². The zero-order valence-corrected chi connectivity index (χ0v) is 16.1. The molecular weight excluding hydrogens is 385 g/mol. The number of ether oxygens (including phenoxy) is 1. The van der Waals surface area contributed by atoms with E-state index in [1.54, 1.807) is 12.1 Å². The van der Waals surface area contributed by atoms with Gasteiger partial charge in [-0.1, -0.05) is 30.3 Å². The fraction of sp³-hybridized carbons (Fsp3) is 0.333. The molecule has 3 rings (SSSR count). The molecule has 0 radical (unpaired) electrons. The van der Waals surface area contributed by atoms with E-state index in [-0.39, 0.29) is 37.3 Å². The number of ketones is 1. The van der Waals surface area contributed by atoms with E-state index < -0.39 is 11.8 Å². The van der Waals surface area contributed by atoms with Crippen molar-refractivity contribution in [1.82, 2.24) is 5.32 Å². The highest BCUT2D eigenvalue weighted by atomic mass is 35.5. The first-order valence-corrected chi connectivity index (χ1v) is 9.03. The Morgan fingerprint density at radius 3 is 2.79 bits per heavy atom. The fourth-order valence-corrected chi connectivity index (χ4v) is 3.26. The second kappa shape index (κ2) is 10.2. The predicted octanol–water partition coefficient (Wildman–Crippen LogP) is 3.63. The Morgan fingerprint density at radius 2 is 2.04 bits per heavy atom. The summed E-state index contributed by atoms with van der Waals surface area (Å²) in [7, 11) is 0. The van der Waals surface area contributed by atoms with Gasteiger partial charge in [-0.15, -0.1) is 12.4 Å². The average Bonchev–Trinajstić information content (AvgIpc) is 2.64. The molecule has 0 bridgehead atoms. The van der Waals surface area contributed by atoms with Crippen molar-refractivity contribution in [2.75, 3.05) is 13.2 Å². The first-order valence-electron chi connectivity index (χ1n) is 9.03. The van der Waals surface area contributed by atoms with E-state index in [1.807, 2.05) is 18.2 Å². The van der Waals surface area contributed by atoms with Crippen LogP contribution in [0.3, 0.4) is 0 Å². The number of benzene rings is 2. The number of nitrogens with one attached hydrogen (secondary N) is 1. The van der Waals surface area contributed by atoms with Crippen LogP contribution in [0, 0.1) is 5.82 Å². The molecule has 1 aliphatic rings. The molecule has 1 heterocycles. The lowest BCUT2D eigenvalue weighted by atomic mass is 9.94. The number of hydrogen-bond donors (Lipinski definition) is 2. The van der Waals surface area contributed by atoms with Gasteiger partial charge in [0.05, 0.1) is 24.6 Å². The number of carbonyl (C=O) groups excluding carboxylic acids is 1. The summed E-state index contributed by atoms with van der Waals surface area (Å²) >= 11 is 0. The summed E-state index contributed by atoms with van der Waals surface area (Å²) in [6.45, 7) is 0.789. The molecule has 0 spiro atoms. The second-order valence-corrected chi connectivity index (χ2v) is 6.59. The smallest absolute Gasteiger partial charge is 0.306 e. The summed E-state index contributed by atoms with van der Waals surface area (Å²) in [6, 6.07) is 11.7. The Labute approximate surface area is 169 Å². The predicted molar refractivity (Wildman–Crippen MR) is 107 cm³/mol. The number of carbonyl (C=O) groups is 2. The molecule has 1 saturated heterocycles. The molecule has 5 nitrogen and oxygen atoms in total. The largest absolute Gasteiger partial charge is 0.492 e. The lowest BCUT2D eigenvalue weighted by Crippen LogP contribution is -2.43. The van der Waals surface area contributed by atoms with Crippen LogP contribution in [0.25, 0.3) is 11.1 Å². The van der Waals surface area contributed by atoms with Gasteiger partial charge in [0.15, 0.2) is 0 Å². The minimum Gasteiger partial charge on any atom is -0.492 e. The molecule has 1 unspecified atom stereocenters. The molecular formula is C21H23ClFNO4. The number of rotatable bonds is 7. The topological polar surface area (TPSA) is 75.6 Å². The average molecular weight is 408 g/mol. The van der Waals surface area contributed by atoms with E-state index >= 15 is 0 Å². The zero-order valence-electron chi connectivity index (χ0n) is 15.3. The van der Waals surface area contributed by atoms with Crippen LogP contribution < -0.4 is 10.1 Å². The molecule has 0 aromatic heterocycles. The first-order chi connectivity index (χ1) is 13.0. The van der Waals surface area contributed by atoms with Crippen LogP contribution >= 0.6 is 12.4 Å². The van der Waals surface area contributed by atoms with E-state index in [0.29, 0.717) is 29.7 Å². The molecule has 2 N–H and O–H groups in total. The third-order valence-electron chi connectivity index (χ3n) is 4.58. The zero-order chi connectivity index (χ0) is 19.2. The van der Waals surface area contributed by atoms with Gasteiger partial charge in [-0.2, -0.15) is 0 Å². The molecule has 28 heavy (non-hydrogen) atoms. The Kier molecular flexibility index (Phi) is 7.96. The lowest BCUT2D eigenvalue weighted by molar-refractivity contribution is -0.137. The molecule has 150 valence electrons. The quantitative estimate of drug-likeness (QED) is 0.733. The summed E-state index contributed by atoms with van der Waals surface area (Å²) in [4.78, 5) is 22.7. The third kappa shape index (κ3) is 5.53. The van der Waals surface area contributed by atoms with Crippen LogP contribution in [0.5, 0.6) is 5.75 Å². The minimum atomic E-state index is -0.973. The molecule has 1 aliphatic heterocycles. The first kappa shape index (κ1) is 21.9. The minimum absolute atomic E-state index is 0. The number of halogens is 2. The van der Waals surface area contributed by atoms with Crippen LogP contribution in [0.1, 0.15) is 24.8 Å². The maximum Gasteiger partial charge on any atom is 0.306 e. The molecule has 0 amide bonds. The maximum atomic E-state index is 14.5. The molecule has 0 aliphatic carbocycles. The van der Waals surface area contributed by atoms with Crippen molar-refractivity contribution < 1.29 is 23.8 Å². The number of piperidine rings is 1. The highest BCUT2D eigenvalue weighted by Crippen LogP contribution is 2.33. The van der Waals surface area contributed by atoms with Crippen LogP contribution in [-0.2, 0) is 16.0 Å². The molecule has 2 aromatic carbocycles. The Balaban J connectivity index is 0.00000280. The maximum absolute atomic E-state index is 14.5. The van der Waals surface area contributed by atoms with Crippen molar-refractivity contribution >= 4 is 24.2 Å². The van der Waals surface area contributed by atoms with Gasteiger partial charge < -0.3 is 15.2 Å². The van der Waals surface area contributed by atoms with Gasteiger partial charge in [0, 0.05) is 6.42 Å². The number of aliphatic carboxylic acids is 1. The standard InChI is InChI=1S/C21H22FNO4.ClH/c22-16-6-2-8-19(27-11-9-20(25)26)21(16)15-5-1-4-14(12-15)13-17-18(24)7-3-10-23-17;/h1-2,4-6,8,12,17,23H,3,7,9-11,13H2,(H,25,26);1H. The van der Waals surface area contributed by atoms with Crippen molar-refractivity contribution in [3.8, 4) is 16.9 Å². The van der Waals surface area contributed by atoms with Gasteiger partial charge in [-0.3, -0.25) is 9.59 Å².